The van der Waals surface area contributed by atoms with Crippen molar-refractivity contribution in [2.75, 3.05) is 13.7 Å². The van der Waals surface area contributed by atoms with Crippen LogP contribution < -0.4 is 10.5 Å². The van der Waals surface area contributed by atoms with Crippen molar-refractivity contribution in [2.45, 2.75) is 19.8 Å². The number of benzene rings is 1. The number of rotatable bonds is 1. The smallest absolute Gasteiger partial charge is 0.130 e. The summed E-state index contributed by atoms with van der Waals surface area (Å²) in [6.07, 6.45) is 5.97. The van der Waals surface area contributed by atoms with E-state index in [0.717, 1.165) is 25.2 Å². The quantitative estimate of drug-likeness (QED) is 0.853. The summed E-state index contributed by atoms with van der Waals surface area (Å²) in [5.41, 5.74) is 9.43. The third-order valence-electron chi connectivity index (χ3n) is 3.24. The SMILES string of the molecule is CN.Cc1cnccc1-c1cccc2c1OCCC2. The molecule has 0 unspecified atom stereocenters. The van der Waals surface area contributed by atoms with Gasteiger partial charge in [-0.3, -0.25) is 4.98 Å². The Hall–Kier alpha value is -1.87. The van der Waals surface area contributed by atoms with Crippen LogP contribution in [-0.4, -0.2) is 18.6 Å². The van der Waals surface area contributed by atoms with Gasteiger partial charge in [-0.1, -0.05) is 18.2 Å². The lowest BCUT2D eigenvalue weighted by Crippen LogP contribution is -2.09. The summed E-state index contributed by atoms with van der Waals surface area (Å²) in [5, 5.41) is 0. The Kier molecular flexibility index (Phi) is 4.53. The Balaban J connectivity index is 0.000000637. The fourth-order valence-electron chi connectivity index (χ4n) is 2.38. The summed E-state index contributed by atoms with van der Waals surface area (Å²) in [5.74, 6) is 1.06. The van der Waals surface area contributed by atoms with Gasteiger partial charge in [0.15, 0.2) is 0 Å². The van der Waals surface area contributed by atoms with Crippen LogP contribution in [0.5, 0.6) is 5.75 Å². The first-order chi connectivity index (χ1) is 9.36. The topological polar surface area (TPSA) is 48.1 Å². The molecule has 1 aromatic heterocycles. The van der Waals surface area contributed by atoms with E-state index in [9.17, 15) is 0 Å². The molecule has 3 rings (SSSR count). The Morgan fingerprint density at radius 1 is 1.16 bits per heavy atom. The number of ether oxygens (including phenoxy) is 1. The minimum absolute atomic E-state index is 0.828. The monoisotopic (exact) mass is 256 g/mol. The van der Waals surface area contributed by atoms with E-state index in [-0.39, 0.29) is 0 Å². The van der Waals surface area contributed by atoms with E-state index in [1.165, 1.54) is 29.3 Å². The first-order valence-corrected chi connectivity index (χ1v) is 6.59. The van der Waals surface area contributed by atoms with Crippen LogP contribution >= 0.6 is 0 Å². The second-order valence-corrected chi connectivity index (χ2v) is 4.44. The van der Waals surface area contributed by atoms with Crippen LogP contribution in [0.4, 0.5) is 0 Å². The summed E-state index contributed by atoms with van der Waals surface area (Å²) >= 11 is 0. The van der Waals surface area contributed by atoms with Gasteiger partial charge in [0.2, 0.25) is 0 Å². The van der Waals surface area contributed by atoms with Crippen LogP contribution in [0.15, 0.2) is 36.7 Å². The van der Waals surface area contributed by atoms with Crippen LogP contribution in [0, 0.1) is 6.92 Å². The predicted octanol–water partition coefficient (Wildman–Crippen LogP) is 2.96. The maximum atomic E-state index is 5.84. The largest absolute Gasteiger partial charge is 0.493 e. The van der Waals surface area contributed by atoms with Crippen LogP contribution in [0.1, 0.15) is 17.5 Å². The molecule has 0 fully saturated rings. The van der Waals surface area contributed by atoms with E-state index >= 15 is 0 Å². The molecule has 3 nitrogen and oxygen atoms in total. The Bertz CT molecular complexity index is 552. The van der Waals surface area contributed by atoms with Crippen molar-refractivity contribution in [3.05, 3.63) is 47.8 Å². The normalized spacial score (nSPS) is 12.8. The van der Waals surface area contributed by atoms with Gasteiger partial charge in [0.05, 0.1) is 6.61 Å². The minimum Gasteiger partial charge on any atom is -0.493 e. The summed E-state index contributed by atoms with van der Waals surface area (Å²) in [4.78, 5) is 4.14. The molecule has 0 spiro atoms. The summed E-state index contributed by atoms with van der Waals surface area (Å²) in [6, 6.07) is 8.46. The summed E-state index contributed by atoms with van der Waals surface area (Å²) in [7, 11) is 1.50. The van der Waals surface area contributed by atoms with Crippen molar-refractivity contribution in [2.24, 2.45) is 5.73 Å². The van der Waals surface area contributed by atoms with E-state index in [1.54, 1.807) is 0 Å². The number of para-hydroxylation sites is 1. The van der Waals surface area contributed by atoms with Crippen LogP contribution in [0.25, 0.3) is 11.1 Å². The summed E-state index contributed by atoms with van der Waals surface area (Å²) < 4.78 is 5.84. The molecule has 2 aromatic rings. The highest BCUT2D eigenvalue weighted by atomic mass is 16.5. The van der Waals surface area contributed by atoms with E-state index in [1.807, 2.05) is 12.4 Å². The Morgan fingerprint density at radius 3 is 2.79 bits per heavy atom. The molecule has 3 heteroatoms. The molecule has 0 bridgehead atoms. The number of aryl methyl sites for hydroxylation is 2. The van der Waals surface area contributed by atoms with Gasteiger partial charge in [0.1, 0.15) is 5.75 Å². The standard InChI is InChI=1S/C15H15NO.CH5N/c1-11-10-16-8-7-13(11)14-6-2-4-12-5-3-9-17-15(12)14;1-2/h2,4,6-8,10H,3,5,9H2,1H3;2H2,1H3. The lowest BCUT2D eigenvalue weighted by atomic mass is 9.96. The van der Waals surface area contributed by atoms with E-state index in [2.05, 4.69) is 41.9 Å². The van der Waals surface area contributed by atoms with Crippen molar-refractivity contribution in [3.63, 3.8) is 0 Å². The lowest BCUT2D eigenvalue weighted by Gasteiger charge is -2.21. The molecule has 0 atom stereocenters. The fourth-order valence-corrected chi connectivity index (χ4v) is 2.38. The van der Waals surface area contributed by atoms with Gasteiger partial charge in [0, 0.05) is 18.0 Å². The average Bonchev–Trinajstić information content (AvgIpc) is 2.49. The van der Waals surface area contributed by atoms with Gasteiger partial charge < -0.3 is 10.5 Å². The second kappa shape index (κ2) is 6.34. The first-order valence-electron chi connectivity index (χ1n) is 6.59. The number of hydrogen-bond donors (Lipinski definition) is 1. The minimum atomic E-state index is 0.828. The van der Waals surface area contributed by atoms with Gasteiger partial charge in [-0.25, -0.2) is 0 Å². The number of pyridine rings is 1. The molecular weight excluding hydrogens is 236 g/mol. The molecule has 0 saturated heterocycles. The molecule has 0 saturated carbocycles. The van der Waals surface area contributed by atoms with Crippen molar-refractivity contribution >= 4 is 0 Å². The Labute approximate surface area is 114 Å². The highest BCUT2D eigenvalue weighted by Crippen LogP contribution is 2.37. The van der Waals surface area contributed by atoms with Crippen molar-refractivity contribution in [1.82, 2.24) is 4.98 Å². The molecule has 0 aliphatic carbocycles. The van der Waals surface area contributed by atoms with Gasteiger partial charge in [-0.15, -0.1) is 0 Å². The van der Waals surface area contributed by atoms with E-state index in [0.29, 0.717) is 0 Å². The average molecular weight is 256 g/mol. The predicted molar refractivity (Wildman–Crippen MR) is 78.3 cm³/mol. The number of nitrogens with zero attached hydrogens (tertiary/aromatic N) is 1. The fraction of sp³-hybridized carbons (Fsp3) is 0.312. The highest BCUT2D eigenvalue weighted by Gasteiger charge is 2.16. The van der Waals surface area contributed by atoms with E-state index in [4.69, 9.17) is 4.74 Å². The molecule has 1 aliphatic rings. The van der Waals surface area contributed by atoms with Crippen LogP contribution in [0.2, 0.25) is 0 Å². The molecule has 0 radical (unpaired) electrons. The third kappa shape index (κ3) is 2.76. The zero-order valence-corrected chi connectivity index (χ0v) is 11.5. The van der Waals surface area contributed by atoms with Gasteiger partial charge in [0.25, 0.3) is 0 Å². The van der Waals surface area contributed by atoms with E-state index < -0.39 is 0 Å². The lowest BCUT2D eigenvalue weighted by molar-refractivity contribution is 0.289. The Morgan fingerprint density at radius 2 is 2.00 bits per heavy atom. The molecular formula is C16H20N2O. The second-order valence-electron chi connectivity index (χ2n) is 4.44. The highest BCUT2D eigenvalue weighted by molar-refractivity contribution is 5.74. The van der Waals surface area contributed by atoms with Crippen molar-refractivity contribution in [3.8, 4) is 16.9 Å². The first kappa shape index (κ1) is 13.6. The number of hydrogen-bond acceptors (Lipinski definition) is 3. The van der Waals surface area contributed by atoms with Crippen LogP contribution in [-0.2, 0) is 6.42 Å². The molecule has 2 heterocycles. The molecule has 19 heavy (non-hydrogen) atoms. The third-order valence-corrected chi connectivity index (χ3v) is 3.24. The van der Waals surface area contributed by atoms with Gasteiger partial charge >= 0.3 is 0 Å². The number of aromatic nitrogens is 1. The van der Waals surface area contributed by atoms with Crippen molar-refractivity contribution in [1.29, 1.82) is 0 Å². The zero-order chi connectivity index (χ0) is 13.7. The molecule has 100 valence electrons. The number of nitrogens with two attached hydrogens (primary N) is 1. The van der Waals surface area contributed by atoms with Gasteiger partial charge in [-0.05, 0) is 49.6 Å². The molecule has 1 aromatic carbocycles. The summed E-state index contributed by atoms with van der Waals surface area (Å²) in [6.45, 7) is 2.92. The molecule has 0 amide bonds. The zero-order valence-electron chi connectivity index (χ0n) is 11.5. The van der Waals surface area contributed by atoms with Gasteiger partial charge in [-0.2, -0.15) is 0 Å². The maximum absolute atomic E-state index is 5.84. The molecule has 2 N–H and O–H groups in total. The molecule has 1 aliphatic heterocycles. The maximum Gasteiger partial charge on any atom is 0.130 e. The number of fused-ring (bicyclic) bond motifs is 1. The van der Waals surface area contributed by atoms with Crippen LogP contribution in [0.3, 0.4) is 0 Å². The van der Waals surface area contributed by atoms with Crippen molar-refractivity contribution < 1.29 is 4.74 Å².